The maximum atomic E-state index is 13.2. The molecule has 1 unspecified atom stereocenters. The lowest BCUT2D eigenvalue weighted by Crippen LogP contribution is -2.28. The summed E-state index contributed by atoms with van der Waals surface area (Å²) in [6.45, 7) is 1.64. The predicted octanol–water partition coefficient (Wildman–Crippen LogP) is 1.02. The molecule has 76 valence electrons. The highest BCUT2D eigenvalue weighted by Gasteiger charge is 2.71. The molecule has 2 rings (SSSR count). The van der Waals surface area contributed by atoms with Crippen LogP contribution >= 0.6 is 0 Å². The summed E-state index contributed by atoms with van der Waals surface area (Å²) in [5.41, 5.74) is 5.26. The quantitative estimate of drug-likeness (QED) is 0.773. The van der Waals surface area contributed by atoms with Crippen LogP contribution in [0, 0.1) is 6.92 Å². The van der Waals surface area contributed by atoms with Gasteiger partial charge in [-0.25, -0.2) is 18.7 Å². The van der Waals surface area contributed by atoms with Gasteiger partial charge in [-0.05, 0) is 6.92 Å². The van der Waals surface area contributed by atoms with Gasteiger partial charge in [-0.15, -0.1) is 0 Å². The SMILES string of the molecule is Cc1ncncc1C1(CN)CC1(F)F. The average Bonchev–Trinajstić information content (AvgIpc) is 2.70. The molecule has 0 aliphatic heterocycles. The molecular weight excluding hydrogens is 188 g/mol. The smallest absolute Gasteiger partial charge is 0.260 e. The van der Waals surface area contributed by atoms with Crippen LogP contribution in [0.5, 0.6) is 0 Å². The standard InChI is InChI=1S/C9H11F2N3/c1-6-7(2-13-5-14-6)8(4-12)3-9(8,10)11/h2,5H,3-4,12H2,1H3. The minimum atomic E-state index is -2.70. The molecule has 1 aliphatic rings. The van der Waals surface area contributed by atoms with E-state index in [1.165, 1.54) is 12.5 Å². The minimum absolute atomic E-state index is 0.0613. The zero-order valence-corrected chi connectivity index (χ0v) is 7.80. The summed E-state index contributed by atoms with van der Waals surface area (Å²) >= 11 is 0. The van der Waals surface area contributed by atoms with Crippen LogP contribution in [0.15, 0.2) is 12.5 Å². The third kappa shape index (κ3) is 1.05. The van der Waals surface area contributed by atoms with Crippen molar-refractivity contribution in [1.82, 2.24) is 9.97 Å². The molecule has 1 aromatic rings. The fourth-order valence-electron chi connectivity index (χ4n) is 1.82. The Morgan fingerprint density at radius 1 is 1.57 bits per heavy atom. The number of nitrogens with two attached hydrogens (primary N) is 1. The van der Waals surface area contributed by atoms with Crippen molar-refractivity contribution in [2.45, 2.75) is 24.7 Å². The molecule has 0 aromatic carbocycles. The Hall–Kier alpha value is -1.10. The first-order valence-electron chi connectivity index (χ1n) is 4.38. The maximum Gasteiger partial charge on any atom is 0.260 e. The van der Waals surface area contributed by atoms with E-state index in [1.807, 2.05) is 0 Å². The molecule has 1 heterocycles. The molecule has 2 N–H and O–H groups in total. The molecule has 0 spiro atoms. The van der Waals surface area contributed by atoms with Gasteiger partial charge in [-0.3, -0.25) is 0 Å². The van der Waals surface area contributed by atoms with E-state index in [0.29, 0.717) is 11.3 Å². The lowest BCUT2D eigenvalue weighted by Gasteiger charge is -2.15. The monoisotopic (exact) mass is 199 g/mol. The largest absolute Gasteiger partial charge is 0.329 e. The van der Waals surface area contributed by atoms with Crippen molar-refractivity contribution in [1.29, 1.82) is 0 Å². The number of nitrogens with zero attached hydrogens (tertiary/aromatic N) is 2. The van der Waals surface area contributed by atoms with Gasteiger partial charge >= 0.3 is 0 Å². The van der Waals surface area contributed by atoms with Crippen LogP contribution < -0.4 is 5.73 Å². The zero-order valence-electron chi connectivity index (χ0n) is 7.80. The third-order valence-corrected chi connectivity index (χ3v) is 2.87. The first-order chi connectivity index (χ1) is 6.53. The normalized spacial score (nSPS) is 28.9. The number of aromatic nitrogens is 2. The van der Waals surface area contributed by atoms with Crippen LogP contribution in [0.3, 0.4) is 0 Å². The molecule has 1 fully saturated rings. The fourth-order valence-corrected chi connectivity index (χ4v) is 1.82. The van der Waals surface area contributed by atoms with E-state index in [-0.39, 0.29) is 13.0 Å². The van der Waals surface area contributed by atoms with Crippen LogP contribution in [0.2, 0.25) is 0 Å². The van der Waals surface area contributed by atoms with Crippen molar-refractivity contribution < 1.29 is 8.78 Å². The Labute approximate surface area is 80.4 Å². The Bertz CT molecular complexity index is 367. The van der Waals surface area contributed by atoms with Gasteiger partial charge in [0.15, 0.2) is 0 Å². The van der Waals surface area contributed by atoms with E-state index >= 15 is 0 Å². The van der Waals surface area contributed by atoms with E-state index in [4.69, 9.17) is 5.73 Å². The summed E-state index contributed by atoms with van der Waals surface area (Å²) in [4.78, 5) is 7.66. The molecule has 1 atom stereocenters. The van der Waals surface area contributed by atoms with E-state index in [1.54, 1.807) is 6.92 Å². The van der Waals surface area contributed by atoms with Crippen LogP contribution in [-0.4, -0.2) is 22.4 Å². The van der Waals surface area contributed by atoms with Crippen LogP contribution in [0.1, 0.15) is 17.7 Å². The highest BCUT2D eigenvalue weighted by Crippen LogP contribution is 2.61. The van der Waals surface area contributed by atoms with E-state index < -0.39 is 11.3 Å². The molecule has 0 amide bonds. The van der Waals surface area contributed by atoms with Gasteiger partial charge in [-0.2, -0.15) is 0 Å². The summed E-state index contributed by atoms with van der Waals surface area (Å²) in [5, 5.41) is 0. The first-order valence-corrected chi connectivity index (χ1v) is 4.38. The van der Waals surface area contributed by atoms with Crippen molar-refractivity contribution in [3.8, 4) is 0 Å². The molecule has 1 aliphatic carbocycles. The van der Waals surface area contributed by atoms with Crippen molar-refractivity contribution in [2.75, 3.05) is 6.54 Å². The third-order valence-electron chi connectivity index (χ3n) is 2.87. The number of hydrogen-bond acceptors (Lipinski definition) is 3. The lowest BCUT2D eigenvalue weighted by molar-refractivity contribution is 0.0892. The molecule has 1 aromatic heterocycles. The van der Waals surface area contributed by atoms with E-state index in [9.17, 15) is 8.78 Å². The van der Waals surface area contributed by atoms with Gasteiger partial charge in [0.05, 0.1) is 5.41 Å². The first kappa shape index (κ1) is 9.45. The van der Waals surface area contributed by atoms with Gasteiger partial charge in [0.1, 0.15) is 6.33 Å². The lowest BCUT2D eigenvalue weighted by atomic mass is 9.96. The summed E-state index contributed by atoms with van der Waals surface area (Å²) in [6.07, 6.45) is 2.60. The van der Waals surface area contributed by atoms with E-state index in [2.05, 4.69) is 9.97 Å². The van der Waals surface area contributed by atoms with E-state index in [0.717, 1.165) is 0 Å². The number of alkyl halides is 2. The highest BCUT2D eigenvalue weighted by atomic mass is 19.3. The van der Waals surface area contributed by atoms with Gasteiger partial charge in [0, 0.05) is 30.4 Å². The highest BCUT2D eigenvalue weighted by molar-refractivity contribution is 5.39. The Balaban J connectivity index is 2.46. The van der Waals surface area contributed by atoms with Gasteiger partial charge < -0.3 is 5.73 Å². The summed E-state index contributed by atoms with van der Waals surface area (Å²) in [6, 6.07) is 0. The molecule has 1 saturated carbocycles. The van der Waals surface area contributed by atoms with Crippen molar-refractivity contribution in [3.05, 3.63) is 23.8 Å². The second-order valence-electron chi connectivity index (χ2n) is 3.69. The molecule has 5 heteroatoms. The molecule has 0 radical (unpaired) electrons. The van der Waals surface area contributed by atoms with Crippen LogP contribution in [-0.2, 0) is 5.41 Å². The number of halogens is 2. The van der Waals surface area contributed by atoms with Crippen molar-refractivity contribution in [2.24, 2.45) is 5.73 Å². The second kappa shape index (κ2) is 2.70. The zero-order chi connectivity index (χ0) is 10.4. The molecular formula is C9H11F2N3. The Kier molecular flexibility index (Phi) is 1.82. The van der Waals surface area contributed by atoms with Crippen LogP contribution in [0.4, 0.5) is 8.78 Å². The molecule has 0 bridgehead atoms. The van der Waals surface area contributed by atoms with Gasteiger partial charge in [0.25, 0.3) is 5.92 Å². The Morgan fingerprint density at radius 3 is 2.64 bits per heavy atom. The summed E-state index contributed by atoms with van der Waals surface area (Å²) < 4.78 is 26.4. The average molecular weight is 199 g/mol. The number of aryl methyl sites for hydroxylation is 1. The summed E-state index contributed by atoms with van der Waals surface area (Å²) in [5.74, 6) is -2.70. The topological polar surface area (TPSA) is 51.8 Å². The fraction of sp³-hybridized carbons (Fsp3) is 0.556. The Morgan fingerprint density at radius 2 is 2.21 bits per heavy atom. The molecule has 3 nitrogen and oxygen atoms in total. The minimum Gasteiger partial charge on any atom is -0.329 e. The summed E-state index contributed by atoms with van der Waals surface area (Å²) in [7, 11) is 0. The van der Waals surface area contributed by atoms with Crippen molar-refractivity contribution in [3.63, 3.8) is 0 Å². The number of rotatable bonds is 2. The predicted molar refractivity (Wildman–Crippen MR) is 47.1 cm³/mol. The van der Waals surface area contributed by atoms with Gasteiger partial charge in [0.2, 0.25) is 0 Å². The molecule has 14 heavy (non-hydrogen) atoms. The maximum absolute atomic E-state index is 13.2. The molecule has 0 saturated heterocycles. The second-order valence-corrected chi connectivity index (χ2v) is 3.69. The number of hydrogen-bond donors (Lipinski definition) is 1. The van der Waals surface area contributed by atoms with Gasteiger partial charge in [-0.1, -0.05) is 0 Å². The van der Waals surface area contributed by atoms with Crippen molar-refractivity contribution >= 4 is 0 Å². The van der Waals surface area contributed by atoms with Crippen LogP contribution in [0.25, 0.3) is 0 Å².